The summed E-state index contributed by atoms with van der Waals surface area (Å²) in [6.07, 6.45) is 2.39. The van der Waals surface area contributed by atoms with E-state index < -0.39 is 59.5 Å². The Kier molecular flexibility index (Phi) is 21.3. The Morgan fingerprint density at radius 2 is 0.575 bits per heavy atom. The first-order valence-corrected chi connectivity index (χ1v) is 39.0. The van der Waals surface area contributed by atoms with Crippen LogP contribution in [0.15, 0.2) is 316 Å². The number of nitrogens with zero attached hydrogens (tertiary/aromatic N) is 4. The van der Waals surface area contributed by atoms with Crippen molar-refractivity contribution in [3.05, 3.63) is 349 Å². The fraction of sp³-hybridized carbons (Fsp3) is 0.100. The van der Waals surface area contributed by atoms with Crippen molar-refractivity contribution in [2.24, 2.45) is 0 Å². The minimum Gasteiger partial charge on any atom is -0.462 e. The Bertz CT molecular complexity index is 5860. The molecule has 0 aliphatic carbocycles. The van der Waals surface area contributed by atoms with Gasteiger partial charge in [-0.3, -0.25) is 48.5 Å². The van der Waals surface area contributed by atoms with Gasteiger partial charge in [-0.1, -0.05) is 195 Å². The minimum absolute atomic E-state index is 0.0245. The van der Waals surface area contributed by atoms with Gasteiger partial charge in [-0.25, -0.2) is 9.59 Å². The van der Waals surface area contributed by atoms with E-state index in [0.29, 0.717) is 11.4 Å². The molecule has 20 heteroatoms. The van der Waals surface area contributed by atoms with E-state index in [1.165, 1.54) is 50.5 Å². The summed E-state index contributed by atoms with van der Waals surface area (Å²) < 4.78 is 41.5. The highest BCUT2D eigenvalue weighted by atomic mass is 16.5. The topological polar surface area (TPSA) is 248 Å². The molecule has 17 rings (SSSR count). The summed E-state index contributed by atoms with van der Waals surface area (Å²) in [4.78, 5) is 134. The average Bonchev–Trinajstić information content (AvgIpc) is 0.669. The van der Waals surface area contributed by atoms with E-state index in [0.717, 1.165) is 54.3 Å². The number of esters is 2. The molecular formula is C100H74N6O14. The van der Waals surface area contributed by atoms with Crippen LogP contribution in [0.25, 0.3) is 87.6 Å². The van der Waals surface area contributed by atoms with Crippen LogP contribution in [0.1, 0.15) is 66.7 Å². The highest BCUT2D eigenvalue weighted by Gasteiger charge is 2.47. The van der Waals surface area contributed by atoms with E-state index in [1.54, 1.807) is 84.9 Å². The van der Waals surface area contributed by atoms with Gasteiger partial charge >= 0.3 is 11.9 Å². The van der Waals surface area contributed by atoms with Gasteiger partial charge < -0.3 is 39.1 Å². The number of nitrogens with one attached hydrogen (secondary N) is 2. The van der Waals surface area contributed by atoms with Crippen molar-refractivity contribution in [2.75, 3.05) is 26.3 Å². The van der Waals surface area contributed by atoms with E-state index in [-0.39, 0.29) is 162 Å². The number of carbonyl (C=O) groups is 8. The molecule has 20 nitrogen and oxygen atoms in total. The first-order valence-electron chi connectivity index (χ1n) is 39.0. The van der Waals surface area contributed by atoms with E-state index in [9.17, 15) is 9.59 Å². The fourth-order valence-corrected chi connectivity index (χ4v) is 15.4. The van der Waals surface area contributed by atoms with Gasteiger partial charge in [0.15, 0.2) is 0 Å². The van der Waals surface area contributed by atoms with Crippen molar-refractivity contribution in [2.45, 2.75) is 38.8 Å². The summed E-state index contributed by atoms with van der Waals surface area (Å²) in [5, 5.41) is 6.56. The molecule has 2 aromatic heterocycles. The van der Waals surface area contributed by atoms with Crippen LogP contribution in [0.3, 0.4) is 0 Å². The standard InChI is InChI=1S/C100H74N6O14/c1-59(2)93(107)103-49-51-115-99(113)79(53-69-29-17-19-47-101-69)105-95(109)75-55-81(117-71-39-31-65(32-40-71)61-21-9-5-10-22-61)87-89-83(119-73-43-35-67(36-44-73)63-25-13-7-14-26-63)57-77-86-78(98(112)106(97(77)111)80(54-70-30-18-20-48-102-70)100(114)116-52-50-104-94(108)60(3)4)58-84(120-74-45-37-68(38-46-74)64-27-15-8-16-28-64)90(92(86)89)88-82(56-76(96(105)110)85(75)91(87)88)118-72-41-33-66(34-42-72)62-23-11-6-12-24-62/h5-48,55-58,79-80H,1,3,49-54H2,2,4H3,(H,103,107)(H,104,108). The third kappa shape index (κ3) is 15.3. The van der Waals surface area contributed by atoms with Crippen LogP contribution in [0.5, 0.6) is 46.0 Å². The molecule has 0 saturated heterocycles. The van der Waals surface area contributed by atoms with Gasteiger partial charge in [-0.15, -0.1) is 0 Å². The van der Waals surface area contributed by atoms with Crippen LogP contribution >= 0.6 is 0 Å². The zero-order chi connectivity index (χ0) is 82.7. The van der Waals surface area contributed by atoms with Crippen LogP contribution < -0.4 is 29.6 Å². The number of hydrogen-bond donors (Lipinski definition) is 2. The Morgan fingerprint density at radius 3 is 0.817 bits per heavy atom. The third-order valence-electron chi connectivity index (χ3n) is 21.2. The van der Waals surface area contributed by atoms with Crippen molar-refractivity contribution in [1.29, 1.82) is 0 Å². The largest absolute Gasteiger partial charge is 0.462 e. The molecule has 0 fully saturated rings. The molecular weight excluding hydrogens is 1510 g/mol. The molecule has 0 bridgehead atoms. The highest BCUT2D eigenvalue weighted by molar-refractivity contribution is 6.45. The Hall–Kier alpha value is -15.7. The summed E-state index contributed by atoms with van der Waals surface area (Å²) in [7, 11) is 0. The second-order valence-electron chi connectivity index (χ2n) is 29.1. The van der Waals surface area contributed by atoms with Gasteiger partial charge in [0.25, 0.3) is 23.6 Å². The number of aromatic nitrogens is 2. The number of rotatable bonds is 28. The molecule has 2 aliphatic rings. The zero-order valence-corrected chi connectivity index (χ0v) is 65.0. The maximum Gasteiger partial charge on any atom is 0.329 e. The fourth-order valence-electron chi connectivity index (χ4n) is 15.4. The number of amides is 6. The Labute approximate surface area is 688 Å². The molecule has 0 saturated carbocycles. The molecule has 2 aliphatic heterocycles. The van der Waals surface area contributed by atoms with E-state index in [2.05, 4.69) is 33.8 Å². The first-order chi connectivity index (χ1) is 58.5. The summed E-state index contributed by atoms with van der Waals surface area (Å²) >= 11 is 0. The number of benzene rings is 13. The zero-order valence-electron chi connectivity index (χ0n) is 65.0. The lowest BCUT2D eigenvalue weighted by molar-refractivity contribution is -0.149. The second-order valence-corrected chi connectivity index (χ2v) is 29.1. The van der Waals surface area contributed by atoms with Crippen molar-refractivity contribution in [3.8, 4) is 90.5 Å². The second kappa shape index (κ2) is 33.3. The van der Waals surface area contributed by atoms with Crippen LogP contribution in [0.2, 0.25) is 0 Å². The van der Waals surface area contributed by atoms with Crippen molar-refractivity contribution in [3.63, 3.8) is 0 Å². The van der Waals surface area contributed by atoms with E-state index in [1.807, 2.05) is 170 Å². The third-order valence-corrected chi connectivity index (χ3v) is 21.2. The molecule has 0 spiro atoms. The highest BCUT2D eigenvalue weighted by Crippen LogP contribution is 2.58. The van der Waals surface area contributed by atoms with Gasteiger partial charge in [-0.05, 0) is 155 Å². The number of pyridine rings is 2. The van der Waals surface area contributed by atoms with Gasteiger partial charge in [0, 0.05) is 90.9 Å². The summed E-state index contributed by atoms with van der Waals surface area (Å²) in [5.74, 6) is -5.78. The Balaban J connectivity index is 0.979. The lowest BCUT2D eigenvalue weighted by Crippen LogP contribution is -2.52. The summed E-state index contributed by atoms with van der Waals surface area (Å²) in [6.45, 7) is 9.49. The normalized spacial score (nSPS) is 12.8. The van der Waals surface area contributed by atoms with Crippen LogP contribution in [-0.4, -0.2) is 106 Å². The lowest BCUT2D eigenvalue weighted by atomic mass is 9.80. The predicted octanol–water partition coefficient (Wildman–Crippen LogP) is 19.2. The molecule has 4 heterocycles. The summed E-state index contributed by atoms with van der Waals surface area (Å²) in [6, 6.07) is 80.9. The van der Waals surface area contributed by atoms with Crippen molar-refractivity contribution in [1.82, 2.24) is 30.4 Å². The first kappa shape index (κ1) is 76.9. The quantitative estimate of drug-likeness (QED) is 0.0115. The summed E-state index contributed by atoms with van der Waals surface area (Å²) in [5.41, 5.74) is 7.59. The molecule has 120 heavy (non-hydrogen) atoms. The van der Waals surface area contributed by atoms with E-state index in [4.69, 9.17) is 28.4 Å². The van der Waals surface area contributed by atoms with Gasteiger partial charge in [0.05, 0.1) is 35.3 Å². The van der Waals surface area contributed by atoms with Crippen LogP contribution in [-0.2, 0) is 41.5 Å². The van der Waals surface area contributed by atoms with Crippen molar-refractivity contribution < 1.29 is 66.8 Å². The Morgan fingerprint density at radius 1 is 0.325 bits per heavy atom. The van der Waals surface area contributed by atoms with E-state index >= 15 is 28.8 Å². The number of fused-ring (bicyclic) bond motifs is 2. The number of hydrogen-bond acceptors (Lipinski definition) is 16. The molecule has 2 unspecified atom stereocenters. The average molecular weight is 1580 g/mol. The number of imide groups is 2. The molecule has 0 radical (unpaired) electrons. The number of carbonyl (C=O) groups excluding carboxylic acids is 8. The smallest absolute Gasteiger partial charge is 0.329 e. The maximum absolute atomic E-state index is 16.7. The van der Waals surface area contributed by atoms with Crippen LogP contribution in [0.4, 0.5) is 0 Å². The monoisotopic (exact) mass is 1580 g/mol. The van der Waals surface area contributed by atoms with Gasteiger partial charge in [0.2, 0.25) is 11.8 Å². The molecule has 2 N–H and O–H groups in total. The van der Waals surface area contributed by atoms with Gasteiger partial charge in [-0.2, -0.15) is 0 Å². The van der Waals surface area contributed by atoms with Crippen molar-refractivity contribution >= 4 is 90.5 Å². The lowest BCUT2D eigenvalue weighted by Gasteiger charge is -2.35. The number of ether oxygens (including phenoxy) is 6. The molecule has 13 aromatic carbocycles. The maximum atomic E-state index is 16.7. The predicted molar refractivity (Wildman–Crippen MR) is 457 cm³/mol. The molecule has 2 atom stereocenters. The molecule has 15 aromatic rings. The molecule has 6 amide bonds. The van der Waals surface area contributed by atoms with Crippen LogP contribution in [0, 0.1) is 0 Å². The SMILES string of the molecule is C=C(C)C(=O)NCCOC(=O)C(Cc1ccccn1)N1C(=O)c2cc(Oc3ccc(-c4ccccc4)cc3)c3c4c(Oc5ccc(-c6ccccc6)cc5)cc5c6c(cc(Oc7ccc(-c8ccccc8)cc7)c(c7c(Oc8ccc(-c9ccccc9)cc8)cc(c2c37)C1=O)c64)C(=O)N(C(Cc1ccccn1)C(=O)OCCNC(=O)C(=C)C)C5=O. The minimum atomic E-state index is -1.70. The molecule has 588 valence electrons. The van der Waals surface area contributed by atoms with Gasteiger partial charge in [0.1, 0.15) is 71.3 Å².